The molecule has 1 saturated heterocycles. The Labute approximate surface area is 124 Å². The van der Waals surface area contributed by atoms with Crippen LogP contribution in [0.1, 0.15) is 17.5 Å². The van der Waals surface area contributed by atoms with Crippen LogP contribution in [0.2, 0.25) is 0 Å². The molecule has 2 aromatic rings. The van der Waals surface area contributed by atoms with Gasteiger partial charge in [0.25, 0.3) is 0 Å². The second kappa shape index (κ2) is 6.37. The molecule has 0 saturated carbocycles. The van der Waals surface area contributed by atoms with E-state index < -0.39 is 0 Å². The number of hydrogen-bond acceptors (Lipinski definition) is 4. The Hall–Kier alpha value is -1.39. The zero-order valence-corrected chi connectivity index (χ0v) is 12.8. The van der Waals surface area contributed by atoms with Gasteiger partial charge in [0.2, 0.25) is 0 Å². The summed E-state index contributed by atoms with van der Waals surface area (Å²) in [6.07, 6.45) is 3.11. The first-order valence-electron chi connectivity index (χ1n) is 7.24. The zero-order valence-electron chi connectivity index (χ0n) is 12.0. The Balaban J connectivity index is 1.62. The van der Waals surface area contributed by atoms with E-state index in [9.17, 15) is 0 Å². The predicted octanol–water partition coefficient (Wildman–Crippen LogP) is 3.16. The Morgan fingerprint density at radius 1 is 1.15 bits per heavy atom. The van der Waals surface area contributed by atoms with Crippen molar-refractivity contribution in [2.45, 2.75) is 19.9 Å². The molecule has 0 atom stereocenters. The number of aromatic nitrogens is 1. The first kappa shape index (κ1) is 13.6. The van der Waals surface area contributed by atoms with Crippen molar-refractivity contribution >= 4 is 16.5 Å². The van der Waals surface area contributed by atoms with Crippen LogP contribution >= 0.6 is 11.3 Å². The third-order valence-electron chi connectivity index (χ3n) is 3.93. The van der Waals surface area contributed by atoms with E-state index in [0.717, 1.165) is 26.2 Å². The summed E-state index contributed by atoms with van der Waals surface area (Å²) >= 11 is 1.74. The van der Waals surface area contributed by atoms with Gasteiger partial charge in [-0.05, 0) is 24.5 Å². The summed E-state index contributed by atoms with van der Waals surface area (Å²) in [4.78, 5) is 9.42. The average Bonchev–Trinajstić information content (AvgIpc) is 2.89. The standard InChI is InChI=1S/C16H21N3S/c1-14-5-2-3-6-15(14)13-18-8-4-9-19(11-10-18)16-17-7-12-20-16/h2-3,5-7,12H,4,8-11,13H2,1H3. The van der Waals surface area contributed by atoms with Crippen molar-refractivity contribution in [3.8, 4) is 0 Å². The van der Waals surface area contributed by atoms with Gasteiger partial charge in [0, 0.05) is 44.3 Å². The van der Waals surface area contributed by atoms with Gasteiger partial charge in [0.1, 0.15) is 0 Å². The maximum atomic E-state index is 4.43. The summed E-state index contributed by atoms with van der Waals surface area (Å²) < 4.78 is 0. The van der Waals surface area contributed by atoms with Gasteiger partial charge < -0.3 is 4.90 Å². The van der Waals surface area contributed by atoms with Gasteiger partial charge in [0.15, 0.2) is 5.13 Å². The monoisotopic (exact) mass is 287 g/mol. The fraction of sp³-hybridized carbons (Fsp3) is 0.438. The highest BCUT2D eigenvalue weighted by Gasteiger charge is 2.16. The van der Waals surface area contributed by atoms with Crippen molar-refractivity contribution in [3.05, 3.63) is 47.0 Å². The van der Waals surface area contributed by atoms with Gasteiger partial charge in [-0.25, -0.2) is 4.98 Å². The third-order valence-corrected chi connectivity index (χ3v) is 4.77. The van der Waals surface area contributed by atoms with Crippen LogP contribution in [0.15, 0.2) is 35.8 Å². The fourth-order valence-electron chi connectivity index (χ4n) is 2.72. The molecule has 0 N–H and O–H groups in total. The number of rotatable bonds is 3. The van der Waals surface area contributed by atoms with E-state index in [1.165, 1.54) is 29.2 Å². The van der Waals surface area contributed by atoms with Gasteiger partial charge in [-0.3, -0.25) is 4.90 Å². The molecular weight excluding hydrogens is 266 g/mol. The summed E-state index contributed by atoms with van der Waals surface area (Å²) in [5, 5.41) is 3.23. The maximum absolute atomic E-state index is 4.43. The van der Waals surface area contributed by atoms with Crippen LogP contribution in [0.5, 0.6) is 0 Å². The molecular formula is C16H21N3S. The van der Waals surface area contributed by atoms with Crippen molar-refractivity contribution < 1.29 is 0 Å². The highest BCUT2D eigenvalue weighted by molar-refractivity contribution is 7.13. The molecule has 1 aromatic carbocycles. The van der Waals surface area contributed by atoms with Crippen LogP contribution in [0, 0.1) is 6.92 Å². The van der Waals surface area contributed by atoms with Gasteiger partial charge in [-0.15, -0.1) is 11.3 Å². The second-order valence-corrected chi connectivity index (χ2v) is 6.23. The van der Waals surface area contributed by atoms with Crippen LogP contribution in [0.3, 0.4) is 0 Å². The smallest absolute Gasteiger partial charge is 0.185 e. The maximum Gasteiger partial charge on any atom is 0.185 e. The molecule has 0 aliphatic carbocycles. The minimum Gasteiger partial charge on any atom is -0.347 e. The number of anilines is 1. The van der Waals surface area contributed by atoms with E-state index >= 15 is 0 Å². The number of thiazole rings is 1. The van der Waals surface area contributed by atoms with Crippen molar-refractivity contribution in [3.63, 3.8) is 0 Å². The van der Waals surface area contributed by atoms with Crippen molar-refractivity contribution in [2.24, 2.45) is 0 Å². The Morgan fingerprint density at radius 3 is 2.85 bits per heavy atom. The van der Waals surface area contributed by atoms with E-state index in [2.05, 4.69) is 51.4 Å². The van der Waals surface area contributed by atoms with E-state index in [0.29, 0.717) is 0 Å². The molecule has 3 rings (SSSR count). The Kier molecular flexibility index (Phi) is 4.33. The SMILES string of the molecule is Cc1ccccc1CN1CCCN(c2nccs2)CC1. The Bertz CT molecular complexity index is 538. The summed E-state index contributed by atoms with van der Waals surface area (Å²) in [6.45, 7) is 7.77. The molecule has 20 heavy (non-hydrogen) atoms. The third kappa shape index (κ3) is 3.19. The predicted molar refractivity (Wildman–Crippen MR) is 85.4 cm³/mol. The largest absolute Gasteiger partial charge is 0.347 e. The van der Waals surface area contributed by atoms with E-state index in [1.807, 2.05) is 6.20 Å². The van der Waals surface area contributed by atoms with Crippen LogP contribution in [0.4, 0.5) is 5.13 Å². The van der Waals surface area contributed by atoms with Crippen LogP contribution in [-0.2, 0) is 6.54 Å². The normalized spacial score (nSPS) is 17.1. The number of hydrogen-bond donors (Lipinski definition) is 0. The lowest BCUT2D eigenvalue weighted by Crippen LogP contribution is -2.30. The van der Waals surface area contributed by atoms with E-state index in [1.54, 1.807) is 11.3 Å². The number of aryl methyl sites for hydroxylation is 1. The van der Waals surface area contributed by atoms with Crippen molar-refractivity contribution in [2.75, 3.05) is 31.1 Å². The van der Waals surface area contributed by atoms with Crippen LogP contribution < -0.4 is 4.90 Å². The fourth-order valence-corrected chi connectivity index (χ4v) is 3.42. The molecule has 0 amide bonds. The minimum absolute atomic E-state index is 1.07. The molecule has 1 fully saturated rings. The number of nitrogens with zero attached hydrogens (tertiary/aromatic N) is 3. The molecule has 0 unspecified atom stereocenters. The Morgan fingerprint density at radius 2 is 2.05 bits per heavy atom. The van der Waals surface area contributed by atoms with Crippen molar-refractivity contribution in [1.29, 1.82) is 0 Å². The van der Waals surface area contributed by atoms with Crippen molar-refractivity contribution in [1.82, 2.24) is 9.88 Å². The van der Waals surface area contributed by atoms with Gasteiger partial charge in [-0.1, -0.05) is 24.3 Å². The van der Waals surface area contributed by atoms with Crippen LogP contribution in [-0.4, -0.2) is 36.1 Å². The van der Waals surface area contributed by atoms with E-state index in [4.69, 9.17) is 0 Å². The molecule has 1 aromatic heterocycles. The first-order valence-corrected chi connectivity index (χ1v) is 8.12. The molecule has 0 spiro atoms. The first-order chi connectivity index (χ1) is 9.83. The second-order valence-electron chi connectivity index (χ2n) is 5.36. The summed E-state index contributed by atoms with van der Waals surface area (Å²) in [5.74, 6) is 0. The molecule has 1 aliphatic rings. The highest BCUT2D eigenvalue weighted by atomic mass is 32.1. The topological polar surface area (TPSA) is 19.4 Å². The summed E-state index contributed by atoms with van der Waals surface area (Å²) in [5.41, 5.74) is 2.85. The van der Waals surface area contributed by atoms with Gasteiger partial charge in [-0.2, -0.15) is 0 Å². The lowest BCUT2D eigenvalue weighted by molar-refractivity contribution is 0.285. The molecule has 0 radical (unpaired) electrons. The quantitative estimate of drug-likeness (QED) is 0.864. The minimum atomic E-state index is 1.07. The van der Waals surface area contributed by atoms with E-state index in [-0.39, 0.29) is 0 Å². The molecule has 1 aliphatic heterocycles. The summed E-state index contributed by atoms with van der Waals surface area (Å²) in [6, 6.07) is 8.71. The van der Waals surface area contributed by atoms with Gasteiger partial charge >= 0.3 is 0 Å². The summed E-state index contributed by atoms with van der Waals surface area (Å²) in [7, 11) is 0. The highest BCUT2D eigenvalue weighted by Crippen LogP contribution is 2.20. The van der Waals surface area contributed by atoms with Gasteiger partial charge in [0.05, 0.1) is 0 Å². The van der Waals surface area contributed by atoms with Crippen LogP contribution in [0.25, 0.3) is 0 Å². The molecule has 106 valence electrons. The molecule has 3 nitrogen and oxygen atoms in total. The zero-order chi connectivity index (χ0) is 13.8. The number of benzene rings is 1. The molecule has 0 bridgehead atoms. The molecule has 4 heteroatoms. The lowest BCUT2D eigenvalue weighted by Gasteiger charge is -2.22. The molecule has 2 heterocycles. The lowest BCUT2D eigenvalue weighted by atomic mass is 10.1. The average molecular weight is 287 g/mol.